The van der Waals surface area contributed by atoms with Crippen LogP contribution in [0, 0.1) is 0 Å². The van der Waals surface area contributed by atoms with Crippen LogP contribution >= 0.6 is 7.60 Å². The third kappa shape index (κ3) is 4.78. The van der Waals surface area contributed by atoms with Crippen LogP contribution in [0.4, 0.5) is 4.79 Å². The first-order valence-corrected chi connectivity index (χ1v) is 4.64. The van der Waals surface area contributed by atoms with Gasteiger partial charge in [-0.15, -0.1) is 0 Å². The first-order valence-electron chi connectivity index (χ1n) is 2.84. The Labute approximate surface area is 64.4 Å². The van der Waals surface area contributed by atoms with Gasteiger partial charge >= 0.3 is 13.6 Å². The molecule has 0 atom stereocenters. The molecule has 0 aliphatic heterocycles. The molecule has 66 valence electrons. The Morgan fingerprint density at radius 1 is 1.64 bits per heavy atom. The van der Waals surface area contributed by atoms with Gasteiger partial charge in [-0.2, -0.15) is 0 Å². The van der Waals surface area contributed by atoms with E-state index in [1.807, 2.05) is 0 Å². The lowest BCUT2D eigenvalue weighted by molar-refractivity contribution is 0.213. The van der Waals surface area contributed by atoms with Crippen molar-refractivity contribution in [1.29, 1.82) is 0 Å². The van der Waals surface area contributed by atoms with Gasteiger partial charge in [-0.25, -0.2) is 4.79 Å². The first kappa shape index (κ1) is 10.4. The molecule has 0 aromatic heterocycles. The molecule has 11 heavy (non-hydrogen) atoms. The molecule has 0 aliphatic rings. The first-order chi connectivity index (χ1) is 4.87. The summed E-state index contributed by atoms with van der Waals surface area (Å²) in [6, 6.07) is -0.520. The monoisotopic (exact) mass is 182 g/mol. The number of hydrogen-bond acceptors (Lipinski definition) is 2. The molecule has 2 amide bonds. The van der Waals surface area contributed by atoms with Crippen molar-refractivity contribution in [3.8, 4) is 0 Å². The molecule has 0 radical (unpaired) electrons. The fourth-order valence-corrected chi connectivity index (χ4v) is 1.21. The molecule has 0 saturated carbocycles. The van der Waals surface area contributed by atoms with Gasteiger partial charge in [0.1, 0.15) is 6.29 Å². The maximum absolute atomic E-state index is 10.7. The van der Waals surface area contributed by atoms with Gasteiger partial charge in [-0.05, 0) is 0 Å². The van der Waals surface area contributed by atoms with Crippen molar-refractivity contribution in [1.82, 2.24) is 10.2 Å². The van der Waals surface area contributed by atoms with Crippen LogP contribution in [0.15, 0.2) is 0 Å². The summed E-state index contributed by atoms with van der Waals surface area (Å²) in [4.78, 5) is 28.4. The summed E-state index contributed by atoms with van der Waals surface area (Å²) in [6.07, 6.45) is -0.563. The zero-order chi connectivity index (χ0) is 9.07. The average molecular weight is 182 g/mol. The molecule has 3 N–H and O–H groups in total. The van der Waals surface area contributed by atoms with Crippen molar-refractivity contribution in [2.75, 3.05) is 20.4 Å². The Morgan fingerprint density at radius 2 is 2.09 bits per heavy atom. The molecule has 0 rings (SSSR count). The van der Waals surface area contributed by atoms with E-state index in [9.17, 15) is 9.36 Å². The summed E-state index contributed by atoms with van der Waals surface area (Å²) < 4.78 is 10.3. The lowest BCUT2D eigenvalue weighted by atomic mass is 10.8. The van der Waals surface area contributed by atoms with Gasteiger partial charge in [0.05, 0.1) is 0 Å². The lowest BCUT2D eigenvalue weighted by Crippen LogP contribution is -2.35. The summed E-state index contributed by atoms with van der Waals surface area (Å²) in [5.41, 5.74) is 0. The van der Waals surface area contributed by atoms with Crippen LogP contribution in [-0.4, -0.2) is 41.1 Å². The number of hydrogen-bond donors (Lipinski definition) is 3. The Balaban J connectivity index is 3.98. The number of carbonyl (C=O) groups excluding carboxylic acids is 1. The number of amides is 2. The fraction of sp³-hybridized carbons (Fsp3) is 0.750. The molecule has 0 spiro atoms. The van der Waals surface area contributed by atoms with E-state index in [1.54, 1.807) is 0 Å². The van der Waals surface area contributed by atoms with Crippen molar-refractivity contribution in [3.05, 3.63) is 0 Å². The molecule has 0 fully saturated rings. The van der Waals surface area contributed by atoms with Crippen LogP contribution in [0.3, 0.4) is 0 Å². The van der Waals surface area contributed by atoms with Crippen LogP contribution in [0.2, 0.25) is 0 Å². The molecule has 0 bridgehead atoms. The minimum absolute atomic E-state index is 0.520. The molecule has 7 heteroatoms. The van der Waals surface area contributed by atoms with Crippen molar-refractivity contribution in [3.63, 3.8) is 0 Å². The molecule has 0 heterocycles. The topological polar surface area (TPSA) is 89.9 Å². The maximum atomic E-state index is 10.7. The van der Waals surface area contributed by atoms with E-state index in [-0.39, 0.29) is 0 Å². The van der Waals surface area contributed by atoms with Crippen LogP contribution in [0.25, 0.3) is 0 Å². The van der Waals surface area contributed by atoms with Gasteiger partial charge in [0.15, 0.2) is 0 Å². The number of urea groups is 1. The van der Waals surface area contributed by atoms with Crippen molar-refractivity contribution >= 4 is 13.6 Å². The Morgan fingerprint density at radius 3 is 2.36 bits per heavy atom. The number of carbonyl (C=O) groups is 1. The number of nitrogens with zero attached hydrogens (tertiary/aromatic N) is 1. The molecule has 0 saturated heterocycles. The van der Waals surface area contributed by atoms with E-state index in [0.717, 1.165) is 4.90 Å². The highest BCUT2D eigenvalue weighted by atomic mass is 31.2. The van der Waals surface area contributed by atoms with Crippen molar-refractivity contribution in [2.24, 2.45) is 0 Å². The molecule has 6 nitrogen and oxygen atoms in total. The molecular formula is C4H11N2O4P. The summed E-state index contributed by atoms with van der Waals surface area (Å²) in [7, 11) is -1.43. The summed E-state index contributed by atoms with van der Waals surface area (Å²) in [5, 5.41) is 2.23. The highest BCUT2D eigenvalue weighted by Crippen LogP contribution is 2.34. The zero-order valence-electron chi connectivity index (χ0n) is 6.31. The predicted octanol–water partition coefficient (Wildman–Crippen LogP) is -0.607. The van der Waals surface area contributed by atoms with E-state index in [0.29, 0.717) is 0 Å². The number of nitrogens with one attached hydrogen (secondary N) is 1. The molecular weight excluding hydrogens is 171 g/mol. The molecule has 0 aromatic rings. The predicted molar refractivity (Wildman–Crippen MR) is 39.1 cm³/mol. The second-order valence-corrected chi connectivity index (χ2v) is 3.67. The highest BCUT2D eigenvalue weighted by molar-refractivity contribution is 7.51. The van der Waals surface area contributed by atoms with Gasteiger partial charge < -0.3 is 20.0 Å². The smallest absolute Gasteiger partial charge is 0.341 e. The molecule has 0 unspecified atom stereocenters. The minimum atomic E-state index is -4.12. The third-order valence-corrected chi connectivity index (χ3v) is 1.75. The fourth-order valence-electron chi connectivity index (χ4n) is 0.531. The quantitative estimate of drug-likeness (QED) is 0.497. The van der Waals surface area contributed by atoms with Crippen LogP contribution < -0.4 is 5.32 Å². The summed E-state index contributed by atoms with van der Waals surface area (Å²) in [6.45, 7) is 0. The Kier molecular flexibility index (Phi) is 3.51. The van der Waals surface area contributed by atoms with E-state index in [2.05, 4.69) is 5.32 Å². The number of rotatable bonds is 2. The second-order valence-electron chi connectivity index (χ2n) is 2.06. The largest absolute Gasteiger partial charge is 0.344 e. The summed E-state index contributed by atoms with van der Waals surface area (Å²) >= 11 is 0. The Hall–Kier alpha value is -0.580. The highest BCUT2D eigenvalue weighted by Gasteiger charge is 2.18. The third-order valence-electron chi connectivity index (χ3n) is 0.957. The minimum Gasteiger partial charge on any atom is -0.341 e. The average Bonchev–Trinajstić information content (AvgIpc) is 1.82. The van der Waals surface area contributed by atoms with Gasteiger partial charge in [0.25, 0.3) is 0 Å². The molecule has 0 aromatic carbocycles. The van der Waals surface area contributed by atoms with Crippen LogP contribution in [0.5, 0.6) is 0 Å². The zero-order valence-corrected chi connectivity index (χ0v) is 7.21. The van der Waals surface area contributed by atoms with E-state index < -0.39 is 19.9 Å². The molecule has 0 aliphatic carbocycles. The van der Waals surface area contributed by atoms with Crippen LogP contribution in [0.1, 0.15) is 0 Å². The van der Waals surface area contributed by atoms with Gasteiger partial charge in [-0.1, -0.05) is 0 Å². The Bertz CT molecular complexity index is 189. The second kappa shape index (κ2) is 3.71. The standard InChI is InChI=1S/C4H11N2O4P/c1-5-4(7)6(2)3-11(8,9)10/h3H2,1-2H3,(H,5,7)(H2,8,9,10). The van der Waals surface area contributed by atoms with Gasteiger partial charge in [0, 0.05) is 14.1 Å². The van der Waals surface area contributed by atoms with Crippen molar-refractivity contribution < 1.29 is 19.1 Å². The SMILES string of the molecule is CNC(=O)N(C)CP(=O)(O)O. The normalized spacial score (nSPS) is 10.9. The van der Waals surface area contributed by atoms with E-state index in [1.165, 1.54) is 14.1 Å². The van der Waals surface area contributed by atoms with E-state index in [4.69, 9.17) is 9.79 Å². The van der Waals surface area contributed by atoms with Crippen molar-refractivity contribution in [2.45, 2.75) is 0 Å². The summed E-state index contributed by atoms with van der Waals surface area (Å²) in [5.74, 6) is 0. The maximum Gasteiger partial charge on any atom is 0.344 e. The van der Waals surface area contributed by atoms with Crippen LogP contribution in [-0.2, 0) is 4.57 Å². The van der Waals surface area contributed by atoms with Gasteiger partial charge in [-0.3, -0.25) is 4.57 Å². The van der Waals surface area contributed by atoms with E-state index >= 15 is 0 Å². The van der Waals surface area contributed by atoms with Gasteiger partial charge in [0.2, 0.25) is 0 Å². The lowest BCUT2D eigenvalue weighted by Gasteiger charge is -2.16.